The first-order valence-corrected chi connectivity index (χ1v) is 6.86. The Labute approximate surface area is 120 Å². The van der Waals surface area contributed by atoms with Gasteiger partial charge in [-0.25, -0.2) is 0 Å². The Morgan fingerprint density at radius 3 is 2.80 bits per heavy atom. The highest BCUT2D eigenvalue weighted by atomic mass is 16.2. The van der Waals surface area contributed by atoms with Gasteiger partial charge in [-0.2, -0.15) is 0 Å². The number of nitrogens with zero attached hydrogens (tertiary/aromatic N) is 2. The molecule has 0 aromatic heterocycles. The molecule has 0 aliphatic carbocycles. The Hall–Kier alpha value is -1.83. The SMILES string of the molecule is C#CCC(N)C(=O)N1CCN(C)CC1c1ccccc1. The summed E-state index contributed by atoms with van der Waals surface area (Å²) in [6, 6.07) is 9.52. The van der Waals surface area contributed by atoms with Crippen LogP contribution in [-0.4, -0.2) is 48.4 Å². The van der Waals surface area contributed by atoms with Crippen LogP contribution in [0.4, 0.5) is 0 Å². The lowest BCUT2D eigenvalue weighted by Gasteiger charge is -2.41. The summed E-state index contributed by atoms with van der Waals surface area (Å²) in [6.45, 7) is 2.36. The number of likely N-dealkylation sites (N-methyl/N-ethyl adjacent to an activating group) is 1. The van der Waals surface area contributed by atoms with E-state index in [0.29, 0.717) is 6.54 Å². The van der Waals surface area contributed by atoms with E-state index in [-0.39, 0.29) is 18.4 Å². The molecule has 1 heterocycles. The maximum absolute atomic E-state index is 12.5. The third-order valence-corrected chi connectivity index (χ3v) is 3.71. The molecule has 4 nitrogen and oxygen atoms in total. The van der Waals surface area contributed by atoms with Gasteiger partial charge in [0.2, 0.25) is 5.91 Å². The third kappa shape index (κ3) is 3.19. The minimum absolute atomic E-state index is 0.0475. The molecule has 2 unspecified atom stereocenters. The summed E-state index contributed by atoms with van der Waals surface area (Å²) in [5.74, 6) is 2.42. The maximum Gasteiger partial charge on any atom is 0.241 e. The number of amides is 1. The average molecular weight is 271 g/mol. The van der Waals surface area contributed by atoms with Gasteiger partial charge in [-0.3, -0.25) is 4.79 Å². The van der Waals surface area contributed by atoms with Crippen LogP contribution in [-0.2, 0) is 4.79 Å². The van der Waals surface area contributed by atoms with Crippen molar-refractivity contribution in [3.05, 3.63) is 35.9 Å². The van der Waals surface area contributed by atoms with Crippen LogP contribution in [0.5, 0.6) is 0 Å². The van der Waals surface area contributed by atoms with Gasteiger partial charge in [0.15, 0.2) is 0 Å². The molecule has 2 atom stereocenters. The molecule has 1 fully saturated rings. The zero-order chi connectivity index (χ0) is 14.5. The molecule has 2 N–H and O–H groups in total. The Morgan fingerprint density at radius 1 is 1.45 bits per heavy atom. The van der Waals surface area contributed by atoms with Crippen LogP contribution in [0.3, 0.4) is 0 Å². The van der Waals surface area contributed by atoms with Gasteiger partial charge in [0.05, 0.1) is 12.1 Å². The molecule has 4 heteroatoms. The second-order valence-corrected chi connectivity index (χ2v) is 5.24. The Bertz CT molecular complexity index is 494. The molecule has 1 aliphatic heterocycles. The lowest BCUT2D eigenvalue weighted by atomic mass is 10.0. The molecule has 1 aromatic rings. The molecular formula is C16H21N3O. The minimum Gasteiger partial charge on any atom is -0.332 e. The standard InChI is InChI=1S/C16H21N3O/c1-3-7-14(17)16(20)19-11-10-18(2)12-15(19)13-8-5-4-6-9-13/h1,4-6,8-9,14-15H,7,10-12,17H2,2H3. The van der Waals surface area contributed by atoms with Crippen LogP contribution >= 0.6 is 0 Å². The maximum atomic E-state index is 12.5. The molecule has 1 aliphatic rings. The zero-order valence-corrected chi connectivity index (χ0v) is 11.8. The van der Waals surface area contributed by atoms with E-state index in [1.165, 1.54) is 0 Å². The van der Waals surface area contributed by atoms with Crippen molar-refractivity contribution in [1.29, 1.82) is 0 Å². The van der Waals surface area contributed by atoms with E-state index >= 15 is 0 Å². The molecule has 0 saturated carbocycles. The number of carbonyl (C=O) groups is 1. The number of hydrogen-bond acceptors (Lipinski definition) is 3. The summed E-state index contributed by atoms with van der Waals surface area (Å²) >= 11 is 0. The third-order valence-electron chi connectivity index (χ3n) is 3.71. The molecule has 2 rings (SSSR count). The lowest BCUT2D eigenvalue weighted by Crippen LogP contribution is -2.53. The number of benzene rings is 1. The minimum atomic E-state index is -0.602. The van der Waals surface area contributed by atoms with E-state index in [1.807, 2.05) is 23.1 Å². The van der Waals surface area contributed by atoms with Crippen molar-refractivity contribution in [3.8, 4) is 12.3 Å². The number of terminal acetylenes is 1. The van der Waals surface area contributed by atoms with E-state index in [2.05, 4.69) is 30.0 Å². The number of piperazine rings is 1. The molecule has 0 spiro atoms. The van der Waals surface area contributed by atoms with Gasteiger partial charge < -0.3 is 15.5 Å². The van der Waals surface area contributed by atoms with E-state index in [9.17, 15) is 4.79 Å². The number of carbonyl (C=O) groups excluding carboxylic acids is 1. The molecule has 1 saturated heterocycles. The van der Waals surface area contributed by atoms with Gasteiger partial charge in [0, 0.05) is 26.1 Å². The first-order valence-electron chi connectivity index (χ1n) is 6.86. The van der Waals surface area contributed by atoms with Gasteiger partial charge in [-0.15, -0.1) is 12.3 Å². The largest absolute Gasteiger partial charge is 0.332 e. The van der Waals surface area contributed by atoms with Crippen molar-refractivity contribution in [2.24, 2.45) is 5.73 Å². The second-order valence-electron chi connectivity index (χ2n) is 5.24. The van der Waals surface area contributed by atoms with Crippen LogP contribution in [0.25, 0.3) is 0 Å². The summed E-state index contributed by atoms with van der Waals surface area (Å²) in [6.07, 6.45) is 5.54. The first kappa shape index (κ1) is 14.6. The van der Waals surface area contributed by atoms with Gasteiger partial charge in [-0.05, 0) is 12.6 Å². The van der Waals surface area contributed by atoms with Crippen molar-refractivity contribution < 1.29 is 4.79 Å². The molecule has 0 bridgehead atoms. The smallest absolute Gasteiger partial charge is 0.241 e. The second kappa shape index (κ2) is 6.56. The van der Waals surface area contributed by atoms with Crippen molar-refractivity contribution >= 4 is 5.91 Å². The topological polar surface area (TPSA) is 49.6 Å². The van der Waals surface area contributed by atoms with Crippen LogP contribution in [0.15, 0.2) is 30.3 Å². The highest BCUT2D eigenvalue weighted by Gasteiger charge is 2.32. The molecular weight excluding hydrogens is 250 g/mol. The van der Waals surface area contributed by atoms with Gasteiger partial charge in [0.1, 0.15) is 0 Å². The van der Waals surface area contributed by atoms with E-state index in [1.54, 1.807) is 0 Å². The summed E-state index contributed by atoms with van der Waals surface area (Å²) in [5, 5.41) is 0. The summed E-state index contributed by atoms with van der Waals surface area (Å²) < 4.78 is 0. The van der Waals surface area contributed by atoms with E-state index in [4.69, 9.17) is 12.2 Å². The molecule has 1 aromatic carbocycles. The number of nitrogens with two attached hydrogens (primary N) is 1. The van der Waals surface area contributed by atoms with Crippen LogP contribution < -0.4 is 5.73 Å². The Morgan fingerprint density at radius 2 is 2.15 bits per heavy atom. The van der Waals surface area contributed by atoms with Crippen molar-refractivity contribution in [3.63, 3.8) is 0 Å². The fraction of sp³-hybridized carbons (Fsp3) is 0.438. The molecule has 20 heavy (non-hydrogen) atoms. The van der Waals surface area contributed by atoms with Gasteiger partial charge >= 0.3 is 0 Å². The first-order chi connectivity index (χ1) is 9.63. The van der Waals surface area contributed by atoms with Crippen LogP contribution in [0, 0.1) is 12.3 Å². The lowest BCUT2D eigenvalue weighted by molar-refractivity contribution is -0.137. The van der Waals surface area contributed by atoms with E-state index < -0.39 is 6.04 Å². The quantitative estimate of drug-likeness (QED) is 0.829. The van der Waals surface area contributed by atoms with Crippen LogP contribution in [0.2, 0.25) is 0 Å². The van der Waals surface area contributed by atoms with Crippen molar-refractivity contribution in [2.45, 2.75) is 18.5 Å². The fourth-order valence-corrected chi connectivity index (χ4v) is 2.57. The zero-order valence-electron chi connectivity index (χ0n) is 11.8. The fourth-order valence-electron chi connectivity index (χ4n) is 2.57. The van der Waals surface area contributed by atoms with Crippen molar-refractivity contribution in [1.82, 2.24) is 9.80 Å². The Balaban J connectivity index is 2.21. The number of hydrogen-bond donors (Lipinski definition) is 1. The summed E-state index contributed by atoms with van der Waals surface area (Å²) in [5.41, 5.74) is 7.03. The predicted molar refractivity (Wildman–Crippen MR) is 79.8 cm³/mol. The molecule has 0 radical (unpaired) electrons. The highest BCUT2D eigenvalue weighted by molar-refractivity contribution is 5.82. The summed E-state index contributed by atoms with van der Waals surface area (Å²) in [4.78, 5) is 16.6. The summed E-state index contributed by atoms with van der Waals surface area (Å²) in [7, 11) is 2.07. The molecule has 106 valence electrons. The predicted octanol–water partition coefficient (Wildman–Crippen LogP) is 0.852. The number of rotatable bonds is 3. The van der Waals surface area contributed by atoms with Gasteiger partial charge in [0.25, 0.3) is 0 Å². The Kier molecular flexibility index (Phi) is 4.78. The average Bonchev–Trinajstić information content (AvgIpc) is 2.47. The molecule has 1 amide bonds. The normalized spacial score (nSPS) is 21.2. The van der Waals surface area contributed by atoms with E-state index in [0.717, 1.165) is 18.7 Å². The van der Waals surface area contributed by atoms with Gasteiger partial charge in [-0.1, -0.05) is 30.3 Å². The highest BCUT2D eigenvalue weighted by Crippen LogP contribution is 2.25. The van der Waals surface area contributed by atoms with Crippen LogP contribution in [0.1, 0.15) is 18.0 Å². The monoisotopic (exact) mass is 271 g/mol. The van der Waals surface area contributed by atoms with Crippen molar-refractivity contribution in [2.75, 3.05) is 26.7 Å².